The molecular formula is C21H24ClN3O3. The van der Waals surface area contributed by atoms with E-state index in [2.05, 4.69) is 15.5 Å². The van der Waals surface area contributed by atoms with Crippen LogP contribution in [0.4, 0.5) is 0 Å². The van der Waals surface area contributed by atoms with Crippen LogP contribution in [0.25, 0.3) is 0 Å². The highest BCUT2D eigenvalue weighted by Crippen LogP contribution is 2.23. The van der Waals surface area contributed by atoms with E-state index in [0.29, 0.717) is 49.1 Å². The van der Waals surface area contributed by atoms with Crippen molar-refractivity contribution in [2.75, 3.05) is 32.8 Å². The van der Waals surface area contributed by atoms with E-state index in [9.17, 15) is 9.59 Å². The summed E-state index contributed by atoms with van der Waals surface area (Å²) in [6, 6.07) is 15.0. The zero-order valence-electron chi connectivity index (χ0n) is 15.6. The van der Waals surface area contributed by atoms with Crippen molar-refractivity contribution in [3.63, 3.8) is 0 Å². The van der Waals surface area contributed by atoms with Gasteiger partial charge in [0.25, 0.3) is 5.91 Å². The smallest absolute Gasteiger partial charge is 0.255 e. The van der Waals surface area contributed by atoms with E-state index in [1.807, 2.05) is 30.3 Å². The number of hydrogen-bond acceptors (Lipinski definition) is 4. The van der Waals surface area contributed by atoms with Crippen molar-refractivity contribution in [1.82, 2.24) is 15.5 Å². The highest BCUT2D eigenvalue weighted by molar-refractivity contribution is 6.31. The Bertz CT molecular complexity index is 814. The monoisotopic (exact) mass is 401 g/mol. The van der Waals surface area contributed by atoms with Gasteiger partial charge in [0.05, 0.1) is 18.7 Å². The lowest BCUT2D eigenvalue weighted by Gasteiger charge is -2.22. The van der Waals surface area contributed by atoms with Crippen LogP contribution < -0.4 is 15.4 Å². The Morgan fingerprint density at radius 1 is 1.04 bits per heavy atom. The number of benzene rings is 2. The summed E-state index contributed by atoms with van der Waals surface area (Å²) in [6.07, 6.45) is 0.725. The van der Waals surface area contributed by atoms with Gasteiger partial charge in [0.15, 0.2) is 0 Å². The Morgan fingerprint density at radius 2 is 1.86 bits per heavy atom. The van der Waals surface area contributed by atoms with Crippen molar-refractivity contribution >= 4 is 23.4 Å². The molecule has 148 valence electrons. The van der Waals surface area contributed by atoms with Gasteiger partial charge in [-0.25, -0.2) is 0 Å². The third-order valence-electron chi connectivity index (χ3n) is 4.42. The molecule has 0 aromatic heterocycles. The predicted molar refractivity (Wildman–Crippen MR) is 109 cm³/mol. The molecule has 0 spiro atoms. The Hall–Kier alpha value is -2.57. The van der Waals surface area contributed by atoms with Gasteiger partial charge in [-0.15, -0.1) is 0 Å². The lowest BCUT2D eigenvalue weighted by molar-refractivity contribution is -0.122. The first-order valence-corrected chi connectivity index (χ1v) is 9.73. The first-order valence-electron chi connectivity index (χ1n) is 9.35. The minimum absolute atomic E-state index is 0.0445. The van der Waals surface area contributed by atoms with Gasteiger partial charge in [0.1, 0.15) is 12.4 Å². The molecule has 0 saturated heterocycles. The maximum Gasteiger partial charge on any atom is 0.255 e. The molecule has 0 fully saturated rings. The van der Waals surface area contributed by atoms with Gasteiger partial charge in [-0.05, 0) is 30.2 Å². The number of rotatable bonds is 2. The molecule has 6 nitrogen and oxygen atoms in total. The summed E-state index contributed by atoms with van der Waals surface area (Å²) in [6.45, 7) is 2.80. The van der Waals surface area contributed by atoms with Crippen LogP contribution in [0.5, 0.6) is 5.75 Å². The summed E-state index contributed by atoms with van der Waals surface area (Å²) < 4.78 is 5.68. The van der Waals surface area contributed by atoms with Crippen LogP contribution in [0.1, 0.15) is 22.3 Å². The summed E-state index contributed by atoms with van der Waals surface area (Å²) in [7, 11) is 0. The third-order valence-corrected chi connectivity index (χ3v) is 4.66. The van der Waals surface area contributed by atoms with Crippen molar-refractivity contribution in [2.45, 2.75) is 13.0 Å². The lowest BCUT2D eigenvalue weighted by atomic mass is 10.2. The summed E-state index contributed by atoms with van der Waals surface area (Å²) in [5.74, 6) is 0.198. The Kier molecular flexibility index (Phi) is 7.28. The van der Waals surface area contributed by atoms with Crippen molar-refractivity contribution in [1.29, 1.82) is 0 Å². The fourth-order valence-corrected chi connectivity index (χ4v) is 3.24. The SMILES string of the molecule is O=C1CN(Cc2ccccc2)CCCNC(=O)c2cc(Cl)ccc2OCCN1. The van der Waals surface area contributed by atoms with Gasteiger partial charge in [-0.3, -0.25) is 14.5 Å². The van der Waals surface area contributed by atoms with E-state index in [1.165, 1.54) is 0 Å². The lowest BCUT2D eigenvalue weighted by Crippen LogP contribution is -2.40. The van der Waals surface area contributed by atoms with Gasteiger partial charge in [-0.1, -0.05) is 41.9 Å². The van der Waals surface area contributed by atoms with Gasteiger partial charge in [0.2, 0.25) is 5.91 Å². The molecule has 2 N–H and O–H groups in total. The van der Waals surface area contributed by atoms with E-state index in [1.54, 1.807) is 18.2 Å². The van der Waals surface area contributed by atoms with E-state index < -0.39 is 0 Å². The van der Waals surface area contributed by atoms with Crippen molar-refractivity contribution in [3.8, 4) is 5.75 Å². The van der Waals surface area contributed by atoms with Crippen LogP contribution in [0.3, 0.4) is 0 Å². The molecule has 1 aliphatic heterocycles. The average molecular weight is 402 g/mol. The highest BCUT2D eigenvalue weighted by atomic mass is 35.5. The van der Waals surface area contributed by atoms with Crippen LogP contribution in [-0.2, 0) is 11.3 Å². The number of nitrogens with zero attached hydrogens (tertiary/aromatic N) is 1. The summed E-state index contributed by atoms with van der Waals surface area (Å²) in [5.41, 5.74) is 1.55. The maximum atomic E-state index is 12.5. The molecule has 2 amide bonds. The molecule has 1 heterocycles. The molecule has 0 saturated carbocycles. The number of ether oxygens (including phenoxy) is 1. The first kappa shape index (κ1) is 20.2. The quantitative estimate of drug-likeness (QED) is 0.811. The van der Waals surface area contributed by atoms with Crippen LogP contribution >= 0.6 is 11.6 Å². The fourth-order valence-electron chi connectivity index (χ4n) is 3.07. The second-order valence-electron chi connectivity index (χ2n) is 6.64. The zero-order chi connectivity index (χ0) is 19.8. The number of carbonyl (C=O) groups excluding carboxylic acids is 2. The molecule has 0 unspecified atom stereocenters. The van der Waals surface area contributed by atoms with Gasteiger partial charge in [-0.2, -0.15) is 0 Å². The topological polar surface area (TPSA) is 70.7 Å². The summed E-state index contributed by atoms with van der Waals surface area (Å²) in [4.78, 5) is 26.9. The molecular weight excluding hydrogens is 378 g/mol. The number of carbonyl (C=O) groups is 2. The Balaban J connectivity index is 1.68. The number of nitrogens with one attached hydrogen (secondary N) is 2. The van der Waals surface area contributed by atoms with Crippen LogP contribution in [0.2, 0.25) is 5.02 Å². The summed E-state index contributed by atoms with van der Waals surface area (Å²) in [5, 5.41) is 6.26. The third kappa shape index (κ3) is 5.97. The van der Waals surface area contributed by atoms with Gasteiger partial charge in [0, 0.05) is 24.7 Å². The van der Waals surface area contributed by atoms with Crippen LogP contribution in [0, 0.1) is 0 Å². The average Bonchev–Trinajstić information content (AvgIpc) is 2.69. The minimum Gasteiger partial charge on any atom is -0.491 e. The van der Waals surface area contributed by atoms with Gasteiger partial charge < -0.3 is 15.4 Å². The Labute approximate surface area is 169 Å². The molecule has 1 aliphatic rings. The molecule has 28 heavy (non-hydrogen) atoms. The minimum atomic E-state index is -0.215. The largest absolute Gasteiger partial charge is 0.491 e. The molecule has 3 rings (SSSR count). The Morgan fingerprint density at radius 3 is 2.68 bits per heavy atom. The molecule has 0 aliphatic carbocycles. The van der Waals surface area contributed by atoms with Gasteiger partial charge >= 0.3 is 0 Å². The molecule has 2 aromatic carbocycles. The highest BCUT2D eigenvalue weighted by Gasteiger charge is 2.16. The van der Waals surface area contributed by atoms with Crippen molar-refractivity contribution in [2.24, 2.45) is 0 Å². The molecule has 0 bridgehead atoms. The second-order valence-corrected chi connectivity index (χ2v) is 7.08. The fraction of sp³-hybridized carbons (Fsp3) is 0.333. The van der Waals surface area contributed by atoms with E-state index >= 15 is 0 Å². The molecule has 7 heteroatoms. The second kappa shape index (κ2) is 10.1. The number of halogens is 1. The van der Waals surface area contributed by atoms with Crippen molar-refractivity contribution < 1.29 is 14.3 Å². The number of hydrogen-bond donors (Lipinski definition) is 2. The normalized spacial score (nSPS) is 16.9. The zero-order valence-corrected chi connectivity index (χ0v) is 16.4. The van der Waals surface area contributed by atoms with Crippen LogP contribution in [-0.4, -0.2) is 49.5 Å². The maximum absolute atomic E-state index is 12.5. The molecule has 0 atom stereocenters. The van der Waals surface area contributed by atoms with Crippen molar-refractivity contribution in [3.05, 3.63) is 64.7 Å². The predicted octanol–water partition coefficient (Wildman–Crippen LogP) is 2.47. The summed E-state index contributed by atoms with van der Waals surface area (Å²) >= 11 is 6.03. The number of fused-ring (bicyclic) bond motifs is 1. The standard InChI is InChI=1S/C21H24ClN3O3/c22-17-7-8-19-18(13-17)21(27)24-9-4-11-25(14-16-5-2-1-3-6-16)15-20(26)23-10-12-28-19/h1-3,5-8,13H,4,9-12,14-15H2,(H,23,26)(H,24,27). The van der Waals surface area contributed by atoms with E-state index in [-0.39, 0.29) is 18.4 Å². The number of amides is 2. The van der Waals surface area contributed by atoms with E-state index in [0.717, 1.165) is 12.0 Å². The van der Waals surface area contributed by atoms with E-state index in [4.69, 9.17) is 16.3 Å². The molecule has 0 radical (unpaired) electrons. The van der Waals surface area contributed by atoms with Crippen LogP contribution in [0.15, 0.2) is 48.5 Å². The first-order chi connectivity index (χ1) is 13.6. The molecule has 2 aromatic rings.